The molecule has 4 nitrogen and oxygen atoms in total. The van der Waals surface area contributed by atoms with Crippen molar-refractivity contribution in [3.05, 3.63) is 35.1 Å². The van der Waals surface area contributed by atoms with E-state index in [1.54, 1.807) is 13.2 Å². The lowest BCUT2D eigenvalue weighted by atomic mass is 10.1. The maximum Gasteiger partial charge on any atom is 0.236 e. The highest BCUT2D eigenvalue weighted by Gasteiger charge is 2.25. The Balaban J connectivity index is 1.90. The molecule has 2 N–H and O–H groups in total. The molecule has 20 heavy (non-hydrogen) atoms. The number of methoxy groups -OCH3 is 1. The molecule has 1 aromatic rings. The van der Waals surface area contributed by atoms with Crippen molar-refractivity contribution < 1.29 is 13.9 Å². The molecule has 2 unspecified atom stereocenters. The van der Waals surface area contributed by atoms with Crippen LogP contribution in [0.15, 0.2) is 18.2 Å². The summed E-state index contributed by atoms with van der Waals surface area (Å²) >= 11 is 0. The van der Waals surface area contributed by atoms with E-state index in [0.717, 1.165) is 24.0 Å². The molecule has 2 rings (SSSR count). The molecule has 0 saturated heterocycles. The Morgan fingerprint density at radius 2 is 2.35 bits per heavy atom. The number of carbonyl (C=O) groups is 1. The molecule has 0 aromatic heterocycles. The van der Waals surface area contributed by atoms with Gasteiger partial charge in [-0.05, 0) is 43.0 Å². The Labute approximate surface area is 118 Å². The lowest BCUT2D eigenvalue weighted by Crippen LogP contribution is -2.44. The molecule has 110 valence electrons. The van der Waals surface area contributed by atoms with Crippen molar-refractivity contribution in [3.8, 4) is 0 Å². The molecule has 1 aliphatic rings. The quantitative estimate of drug-likeness (QED) is 0.777. The third-order valence-corrected chi connectivity index (χ3v) is 3.63. The number of ether oxygens (including phenoxy) is 1. The van der Waals surface area contributed by atoms with E-state index in [0.29, 0.717) is 13.2 Å². The van der Waals surface area contributed by atoms with Gasteiger partial charge in [0, 0.05) is 19.7 Å². The molecule has 0 fully saturated rings. The maximum absolute atomic E-state index is 13.2. The van der Waals surface area contributed by atoms with E-state index in [-0.39, 0.29) is 23.8 Å². The zero-order valence-electron chi connectivity index (χ0n) is 11.9. The summed E-state index contributed by atoms with van der Waals surface area (Å²) in [5.74, 6) is -0.243. The summed E-state index contributed by atoms with van der Waals surface area (Å²) in [6.07, 6.45) is 1.75. The Kier molecular flexibility index (Phi) is 5.09. The van der Waals surface area contributed by atoms with Gasteiger partial charge in [0.25, 0.3) is 0 Å². The zero-order chi connectivity index (χ0) is 14.5. The van der Waals surface area contributed by atoms with Crippen molar-refractivity contribution in [2.45, 2.75) is 31.8 Å². The Morgan fingerprint density at radius 1 is 1.55 bits per heavy atom. The number of nitrogens with one attached hydrogen (secondary N) is 2. The van der Waals surface area contributed by atoms with Crippen molar-refractivity contribution >= 4 is 5.91 Å². The summed E-state index contributed by atoms with van der Waals surface area (Å²) in [6, 6.07) is 4.70. The number of amides is 1. The van der Waals surface area contributed by atoms with Gasteiger partial charge in [-0.3, -0.25) is 10.1 Å². The van der Waals surface area contributed by atoms with Crippen LogP contribution in [-0.4, -0.2) is 32.2 Å². The lowest BCUT2D eigenvalue weighted by Gasteiger charge is -2.20. The first-order valence-corrected chi connectivity index (χ1v) is 6.93. The largest absolute Gasteiger partial charge is 0.383 e. The first-order chi connectivity index (χ1) is 9.61. The van der Waals surface area contributed by atoms with Crippen LogP contribution in [0.3, 0.4) is 0 Å². The van der Waals surface area contributed by atoms with Crippen molar-refractivity contribution in [3.63, 3.8) is 0 Å². The van der Waals surface area contributed by atoms with Gasteiger partial charge >= 0.3 is 0 Å². The number of carbonyl (C=O) groups excluding carboxylic acids is 1. The van der Waals surface area contributed by atoms with Crippen molar-refractivity contribution in [2.24, 2.45) is 0 Å². The second-order valence-electron chi connectivity index (χ2n) is 5.11. The van der Waals surface area contributed by atoms with Crippen LogP contribution in [0.1, 0.15) is 30.5 Å². The molecule has 0 radical (unpaired) electrons. The summed E-state index contributed by atoms with van der Waals surface area (Å²) in [4.78, 5) is 11.9. The first-order valence-electron chi connectivity index (χ1n) is 6.93. The van der Waals surface area contributed by atoms with Crippen molar-refractivity contribution in [2.75, 3.05) is 20.3 Å². The Bertz CT molecular complexity index is 479. The molecule has 1 aromatic carbocycles. The van der Waals surface area contributed by atoms with Gasteiger partial charge in [0.05, 0.1) is 12.6 Å². The molecular weight excluding hydrogens is 259 g/mol. The molecule has 0 saturated carbocycles. The summed E-state index contributed by atoms with van der Waals surface area (Å²) in [5, 5.41) is 6.11. The topological polar surface area (TPSA) is 50.4 Å². The van der Waals surface area contributed by atoms with Crippen LogP contribution in [0.2, 0.25) is 0 Å². The first kappa shape index (κ1) is 14.9. The third kappa shape index (κ3) is 3.55. The Morgan fingerprint density at radius 3 is 3.10 bits per heavy atom. The minimum Gasteiger partial charge on any atom is -0.383 e. The van der Waals surface area contributed by atoms with E-state index in [2.05, 4.69) is 10.6 Å². The molecule has 5 heteroatoms. The van der Waals surface area contributed by atoms with Gasteiger partial charge in [-0.15, -0.1) is 0 Å². The number of benzene rings is 1. The smallest absolute Gasteiger partial charge is 0.236 e. The summed E-state index contributed by atoms with van der Waals surface area (Å²) < 4.78 is 18.0. The monoisotopic (exact) mass is 280 g/mol. The lowest BCUT2D eigenvalue weighted by molar-refractivity contribution is -0.123. The van der Waals surface area contributed by atoms with E-state index in [1.165, 1.54) is 6.07 Å². The molecule has 2 atom stereocenters. The fourth-order valence-electron chi connectivity index (χ4n) is 2.57. The highest BCUT2D eigenvalue weighted by molar-refractivity contribution is 5.81. The number of fused-ring (bicyclic) bond motifs is 1. The second-order valence-corrected chi connectivity index (χ2v) is 5.11. The molecular formula is C15H21FN2O2. The average Bonchev–Trinajstić information content (AvgIpc) is 2.81. The van der Waals surface area contributed by atoms with Crippen molar-refractivity contribution in [1.29, 1.82) is 0 Å². The number of hydrogen-bond acceptors (Lipinski definition) is 3. The van der Waals surface area contributed by atoms with E-state index in [1.807, 2.05) is 13.0 Å². The fraction of sp³-hybridized carbons (Fsp3) is 0.533. The van der Waals surface area contributed by atoms with Crippen LogP contribution in [0.4, 0.5) is 4.39 Å². The van der Waals surface area contributed by atoms with Gasteiger partial charge in [0.1, 0.15) is 5.82 Å². The zero-order valence-corrected chi connectivity index (χ0v) is 11.9. The fourth-order valence-corrected chi connectivity index (χ4v) is 2.57. The van der Waals surface area contributed by atoms with Gasteiger partial charge in [-0.2, -0.15) is 0 Å². The number of hydrogen-bond donors (Lipinski definition) is 2. The van der Waals surface area contributed by atoms with E-state index in [4.69, 9.17) is 4.74 Å². The maximum atomic E-state index is 13.2. The normalized spacial score (nSPS) is 18.6. The van der Waals surface area contributed by atoms with Crippen LogP contribution in [0, 0.1) is 5.82 Å². The van der Waals surface area contributed by atoms with E-state index in [9.17, 15) is 9.18 Å². The van der Waals surface area contributed by atoms with Gasteiger partial charge in [0.15, 0.2) is 0 Å². The minimum atomic E-state index is -0.284. The minimum absolute atomic E-state index is 0.0439. The summed E-state index contributed by atoms with van der Waals surface area (Å²) in [6.45, 7) is 2.85. The molecule has 0 spiro atoms. The number of halogens is 1. The van der Waals surface area contributed by atoms with Crippen LogP contribution in [-0.2, 0) is 16.0 Å². The van der Waals surface area contributed by atoms with E-state index < -0.39 is 0 Å². The SMILES string of the molecule is COCCNC(=O)C(C)NC1CCc2cc(F)ccc21. The third-order valence-electron chi connectivity index (χ3n) is 3.63. The van der Waals surface area contributed by atoms with Crippen LogP contribution in [0.25, 0.3) is 0 Å². The summed E-state index contributed by atoms with van der Waals surface area (Å²) in [7, 11) is 1.60. The van der Waals surface area contributed by atoms with Crippen LogP contribution >= 0.6 is 0 Å². The predicted octanol–water partition coefficient (Wildman–Crippen LogP) is 1.55. The van der Waals surface area contributed by atoms with Crippen molar-refractivity contribution in [1.82, 2.24) is 10.6 Å². The standard InChI is InChI=1S/C15H21FN2O2/c1-10(15(19)17-7-8-20-2)18-14-6-3-11-9-12(16)4-5-13(11)14/h4-5,9-10,14,18H,3,6-8H2,1-2H3,(H,17,19). The Hall–Kier alpha value is -1.46. The van der Waals surface area contributed by atoms with Crippen LogP contribution in [0.5, 0.6) is 0 Å². The van der Waals surface area contributed by atoms with E-state index >= 15 is 0 Å². The molecule has 0 aliphatic heterocycles. The van der Waals surface area contributed by atoms with Gasteiger partial charge in [0.2, 0.25) is 5.91 Å². The van der Waals surface area contributed by atoms with Gasteiger partial charge in [-0.1, -0.05) is 6.07 Å². The molecule has 1 aliphatic carbocycles. The average molecular weight is 280 g/mol. The highest BCUT2D eigenvalue weighted by atomic mass is 19.1. The molecule has 0 heterocycles. The molecule has 0 bridgehead atoms. The van der Waals surface area contributed by atoms with Gasteiger partial charge in [-0.25, -0.2) is 4.39 Å². The highest BCUT2D eigenvalue weighted by Crippen LogP contribution is 2.31. The number of rotatable bonds is 6. The van der Waals surface area contributed by atoms with Gasteiger partial charge < -0.3 is 10.1 Å². The molecule has 1 amide bonds. The second kappa shape index (κ2) is 6.81. The summed E-state index contributed by atoms with van der Waals surface area (Å²) in [5.41, 5.74) is 2.14. The predicted molar refractivity (Wildman–Crippen MR) is 74.9 cm³/mol. The van der Waals surface area contributed by atoms with Crippen LogP contribution < -0.4 is 10.6 Å². The number of aryl methyl sites for hydroxylation is 1.